The third kappa shape index (κ3) is 2.05. The molecule has 0 aromatic carbocycles. The zero-order valence-electron chi connectivity index (χ0n) is 7.36. The van der Waals surface area contributed by atoms with E-state index < -0.39 is 14.0 Å². The Morgan fingerprint density at radius 2 is 1.92 bits per heavy atom. The van der Waals surface area contributed by atoms with Crippen LogP contribution in [0.25, 0.3) is 0 Å². The van der Waals surface area contributed by atoms with Crippen LogP contribution in [0.15, 0.2) is 12.1 Å². The number of aromatic nitrogens is 1. The second kappa shape index (κ2) is 3.15. The predicted octanol–water partition coefficient (Wildman–Crippen LogP) is 2.42. The van der Waals surface area contributed by atoms with Crippen molar-refractivity contribution in [2.45, 2.75) is 19.6 Å². The van der Waals surface area contributed by atoms with Gasteiger partial charge in [0.1, 0.15) is 5.15 Å². The maximum atomic E-state index is 13.2. The third-order valence-electron chi connectivity index (χ3n) is 1.62. The lowest BCUT2D eigenvalue weighted by atomic mass is 10.5. The lowest BCUT2D eigenvalue weighted by Crippen LogP contribution is -2.40. The molecule has 0 fully saturated rings. The summed E-state index contributed by atoms with van der Waals surface area (Å²) >= 11 is 5.53. The van der Waals surface area contributed by atoms with Gasteiger partial charge < -0.3 is 0 Å². The van der Waals surface area contributed by atoms with Crippen molar-refractivity contribution in [2.75, 3.05) is 0 Å². The van der Waals surface area contributed by atoms with Gasteiger partial charge >= 0.3 is 0 Å². The monoisotopic (exact) mass is 203 g/mol. The van der Waals surface area contributed by atoms with Crippen molar-refractivity contribution in [1.82, 2.24) is 4.98 Å². The fraction of sp³-hybridized carbons (Fsp3) is 0.375. The molecule has 1 aromatic heterocycles. The fourth-order valence-electron chi connectivity index (χ4n) is 0.972. The quantitative estimate of drug-likeness (QED) is 0.505. The van der Waals surface area contributed by atoms with Crippen LogP contribution in [0, 0.1) is 5.95 Å². The van der Waals surface area contributed by atoms with Crippen LogP contribution in [0.4, 0.5) is 4.39 Å². The summed E-state index contributed by atoms with van der Waals surface area (Å²) in [7, 11) is -1.60. The summed E-state index contributed by atoms with van der Waals surface area (Å²) in [6.07, 6.45) is 0. The van der Waals surface area contributed by atoms with E-state index >= 15 is 0 Å². The number of halogens is 2. The van der Waals surface area contributed by atoms with E-state index in [0.717, 1.165) is 5.19 Å². The van der Waals surface area contributed by atoms with Crippen molar-refractivity contribution < 1.29 is 4.39 Å². The molecule has 0 bridgehead atoms. The first-order valence-electron chi connectivity index (χ1n) is 3.74. The van der Waals surface area contributed by atoms with Crippen molar-refractivity contribution in [2.24, 2.45) is 0 Å². The third-order valence-corrected chi connectivity index (χ3v) is 3.82. The molecular weight excluding hydrogens is 193 g/mol. The minimum absolute atomic E-state index is 0.217. The number of rotatable bonds is 1. The molecule has 0 radical (unpaired) electrons. The molecule has 0 aliphatic heterocycles. The second-order valence-electron chi connectivity index (χ2n) is 3.72. The van der Waals surface area contributed by atoms with Crippen molar-refractivity contribution in [1.29, 1.82) is 0 Å². The highest BCUT2D eigenvalue weighted by Crippen LogP contribution is 2.08. The van der Waals surface area contributed by atoms with Gasteiger partial charge in [0.25, 0.3) is 0 Å². The number of hydrogen-bond donors (Lipinski definition) is 0. The predicted molar refractivity (Wildman–Crippen MR) is 52.2 cm³/mol. The van der Waals surface area contributed by atoms with Gasteiger partial charge in [0.2, 0.25) is 5.95 Å². The Labute approximate surface area is 77.6 Å². The minimum atomic E-state index is -1.60. The highest BCUT2D eigenvalue weighted by Gasteiger charge is 2.21. The molecule has 0 spiro atoms. The Hall–Kier alpha value is -0.413. The van der Waals surface area contributed by atoms with E-state index in [4.69, 9.17) is 11.6 Å². The lowest BCUT2D eigenvalue weighted by Gasteiger charge is -2.16. The van der Waals surface area contributed by atoms with Gasteiger partial charge in [-0.05, 0) is 11.3 Å². The highest BCUT2D eigenvalue weighted by atomic mass is 35.5. The van der Waals surface area contributed by atoms with Crippen LogP contribution >= 0.6 is 11.6 Å². The topological polar surface area (TPSA) is 12.9 Å². The van der Waals surface area contributed by atoms with Gasteiger partial charge in [0.05, 0.1) is 8.07 Å². The number of hydrogen-bond acceptors (Lipinski definition) is 1. The summed E-state index contributed by atoms with van der Waals surface area (Å²) in [5.41, 5.74) is 0. The van der Waals surface area contributed by atoms with Crippen LogP contribution in [0.3, 0.4) is 0 Å². The Bertz CT molecular complexity index is 296. The van der Waals surface area contributed by atoms with E-state index in [1.807, 2.05) is 0 Å². The maximum absolute atomic E-state index is 13.2. The molecule has 1 nitrogen and oxygen atoms in total. The molecule has 0 saturated carbocycles. The summed E-state index contributed by atoms with van der Waals surface area (Å²) < 4.78 is 13.2. The van der Waals surface area contributed by atoms with Gasteiger partial charge in [-0.3, -0.25) is 0 Å². The molecule has 12 heavy (non-hydrogen) atoms. The Kier molecular flexibility index (Phi) is 2.54. The first kappa shape index (κ1) is 9.67. The largest absolute Gasteiger partial charge is 0.213 e. The molecule has 4 heteroatoms. The Balaban J connectivity index is 3.19. The summed E-state index contributed by atoms with van der Waals surface area (Å²) in [5.74, 6) is -0.415. The van der Waals surface area contributed by atoms with Gasteiger partial charge in [0, 0.05) is 0 Å². The highest BCUT2D eigenvalue weighted by molar-refractivity contribution is 6.88. The molecule has 1 heterocycles. The normalized spacial score (nSPS) is 11.8. The average Bonchev–Trinajstić information content (AvgIpc) is 1.83. The zero-order chi connectivity index (χ0) is 9.35. The molecule has 0 N–H and O–H groups in total. The molecule has 0 unspecified atom stereocenters. The van der Waals surface area contributed by atoms with Crippen LogP contribution in [0.5, 0.6) is 0 Å². The van der Waals surface area contributed by atoms with E-state index in [1.54, 1.807) is 12.1 Å². The average molecular weight is 204 g/mol. The molecular formula is C8H11ClFNSi. The zero-order valence-corrected chi connectivity index (χ0v) is 9.11. The van der Waals surface area contributed by atoms with Gasteiger partial charge in [-0.15, -0.1) is 0 Å². The van der Waals surface area contributed by atoms with Crippen LogP contribution in [-0.2, 0) is 0 Å². The van der Waals surface area contributed by atoms with E-state index in [9.17, 15) is 4.39 Å². The summed E-state index contributed by atoms with van der Waals surface area (Å²) in [5, 5.41) is 0.946. The summed E-state index contributed by atoms with van der Waals surface area (Å²) in [6.45, 7) is 6.21. The molecule has 0 aliphatic rings. The van der Waals surface area contributed by atoms with Crippen molar-refractivity contribution in [3.05, 3.63) is 23.2 Å². The van der Waals surface area contributed by atoms with Gasteiger partial charge in [-0.2, -0.15) is 4.39 Å². The van der Waals surface area contributed by atoms with Gasteiger partial charge in [-0.1, -0.05) is 37.3 Å². The minimum Gasteiger partial charge on any atom is -0.208 e. The van der Waals surface area contributed by atoms with Gasteiger partial charge in [-0.25, -0.2) is 4.98 Å². The molecule has 1 rings (SSSR count). The summed E-state index contributed by atoms with van der Waals surface area (Å²) in [4.78, 5) is 3.57. The second-order valence-corrected chi connectivity index (χ2v) is 9.15. The Morgan fingerprint density at radius 3 is 2.33 bits per heavy atom. The fourth-order valence-corrected chi connectivity index (χ4v) is 2.37. The standard InChI is InChI=1S/C8H11ClFNSi/c1-12(2,3)6-4-5-7(9)11-8(6)10/h4-5H,1-3H3. The molecule has 0 saturated heterocycles. The van der Waals surface area contributed by atoms with Crippen LogP contribution in [0.2, 0.25) is 24.8 Å². The molecule has 0 atom stereocenters. The maximum Gasteiger partial charge on any atom is 0.213 e. The smallest absolute Gasteiger partial charge is 0.208 e. The summed E-state index contributed by atoms with van der Waals surface area (Å²) in [6, 6.07) is 3.37. The van der Waals surface area contributed by atoms with Crippen LogP contribution in [0.1, 0.15) is 0 Å². The van der Waals surface area contributed by atoms with E-state index in [2.05, 4.69) is 24.6 Å². The van der Waals surface area contributed by atoms with Crippen molar-refractivity contribution in [3.63, 3.8) is 0 Å². The molecule has 1 aromatic rings. The first-order valence-corrected chi connectivity index (χ1v) is 7.61. The van der Waals surface area contributed by atoms with E-state index in [0.29, 0.717) is 0 Å². The van der Waals surface area contributed by atoms with E-state index in [1.165, 1.54) is 0 Å². The van der Waals surface area contributed by atoms with Crippen molar-refractivity contribution >= 4 is 24.9 Å². The SMILES string of the molecule is C[Si](C)(C)c1ccc(Cl)nc1F. The van der Waals surface area contributed by atoms with E-state index in [-0.39, 0.29) is 5.15 Å². The molecule has 66 valence electrons. The number of nitrogens with zero attached hydrogens (tertiary/aromatic N) is 1. The first-order chi connectivity index (χ1) is 5.41. The lowest BCUT2D eigenvalue weighted by molar-refractivity contribution is 0.592. The van der Waals surface area contributed by atoms with Crippen LogP contribution < -0.4 is 5.19 Å². The molecule has 0 amide bonds. The van der Waals surface area contributed by atoms with Crippen LogP contribution in [-0.4, -0.2) is 13.1 Å². The number of pyridine rings is 1. The van der Waals surface area contributed by atoms with Crippen molar-refractivity contribution in [3.8, 4) is 0 Å². The van der Waals surface area contributed by atoms with Gasteiger partial charge in [0.15, 0.2) is 0 Å². The molecule has 0 aliphatic carbocycles. The Morgan fingerprint density at radius 1 is 1.33 bits per heavy atom.